The first kappa shape index (κ1) is 15.4. The van der Waals surface area contributed by atoms with Gasteiger partial charge in [0.05, 0.1) is 18.2 Å². The molecule has 5 nitrogen and oxygen atoms in total. The van der Waals surface area contributed by atoms with Crippen LogP contribution in [-0.2, 0) is 9.53 Å². The summed E-state index contributed by atoms with van der Waals surface area (Å²) >= 11 is 0. The van der Waals surface area contributed by atoms with Gasteiger partial charge in [-0.1, -0.05) is 6.92 Å². The van der Waals surface area contributed by atoms with Gasteiger partial charge in [0.15, 0.2) is 0 Å². The standard InChI is InChI=1S/C13H27N3O2/c1-5-11-8-18-10(3)7-16(11)9(2)6-13(4,15)12(14)17/h9-11H,5-8,15H2,1-4H3,(H2,14,17). The van der Waals surface area contributed by atoms with Crippen molar-refractivity contribution in [2.45, 2.75) is 64.3 Å². The zero-order chi connectivity index (χ0) is 13.9. The number of morpholine rings is 1. The number of carbonyl (C=O) groups excluding carboxylic acids is 1. The Labute approximate surface area is 110 Å². The molecular formula is C13H27N3O2. The second-order valence-electron chi connectivity index (χ2n) is 5.74. The van der Waals surface area contributed by atoms with Crippen LogP contribution in [0.2, 0.25) is 0 Å². The summed E-state index contributed by atoms with van der Waals surface area (Å²) in [6.45, 7) is 9.67. The first-order valence-electron chi connectivity index (χ1n) is 6.74. The fourth-order valence-corrected chi connectivity index (χ4v) is 2.59. The van der Waals surface area contributed by atoms with E-state index in [4.69, 9.17) is 16.2 Å². The molecule has 0 spiro atoms. The van der Waals surface area contributed by atoms with Crippen LogP contribution in [0.4, 0.5) is 0 Å². The number of carbonyl (C=O) groups is 1. The molecule has 106 valence electrons. The number of hydrogen-bond donors (Lipinski definition) is 2. The molecule has 0 aromatic rings. The lowest BCUT2D eigenvalue weighted by Crippen LogP contribution is -2.57. The van der Waals surface area contributed by atoms with Crippen LogP contribution in [0.1, 0.15) is 40.5 Å². The maximum Gasteiger partial charge on any atom is 0.237 e. The predicted octanol–water partition coefficient (Wildman–Crippen LogP) is 0.467. The van der Waals surface area contributed by atoms with Gasteiger partial charge >= 0.3 is 0 Å². The number of hydrogen-bond acceptors (Lipinski definition) is 4. The molecule has 0 radical (unpaired) electrons. The van der Waals surface area contributed by atoms with Gasteiger partial charge in [0, 0.05) is 18.6 Å². The third-order valence-electron chi connectivity index (χ3n) is 3.83. The third-order valence-corrected chi connectivity index (χ3v) is 3.83. The van der Waals surface area contributed by atoms with E-state index < -0.39 is 11.4 Å². The van der Waals surface area contributed by atoms with E-state index in [1.807, 2.05) is 0 Å². The van der Waals surface area contributed by atoms with Crippen LogP contribution in [0.3, 0.4) is 0 Å². The second-order valence-corrected chi connectivity index (χ2v) is 5.74. The number of nitrogens with zero attached hydrogens (tertiary/aromatic N) is 1. The van der Waals surface area contributed by atoms with Gasteiger partial charge in [-0.15, -0.1) is 0 Å². The molecule has 0 aromatic carbocycles. The molecule has 0 aliphatic carbocycles. The molecule has 1 aliphatic heterocycles. The zero-order valence-electron chi connectivity index (χ0n) is 12.0. The summed E-state index contributed by atoms with van der Waals surface area (Å²) in [4.78, 5) is 13.7. The van der Waals surface area contributed by atoms with Crippen LogP contribution in [0.15, 0.2) is 0 Å². The van der Waals surface area contributed by atoms with Gasteiger partial charge < -0.3 is 16.2 Å². The molecule has 0 aromatic heterocycles. The van der Waals surface area contributed by atoms with Gasteiger partial charge in [-0.3, -0.25) is 9.69 Å². The molecule has 1 amide bonds. The number of nitrogens with two attached hydrogens (primary N) is 2. The number of primary amides is 1. The Balaban J connectivity index is 2.68. The molecule has 4 unspecified atom stereocenters. The molecule has 1 heterocycles. The lowest BCUT2D eigenvalue weighted by atomic mass is 9.92. The Morgan fingerprint density at radius 1 is 1.61 bits per heavy atom. The molecule has 18 heavy (non-hydrogen) atoms. The normalized spacial score (nSPS) is 30.7. The smallest absolute Gasteiger partial charge is 0.237 e. The van der Waals surface area contributed by atoms with Crippen LogP contribution in [0.25, 0.3) is 0 Å². The highest BCUT2D eigenvalue weighted by molar-refractivity contribution is 5.83. The lowest BCUT2D eigenvalue weighted by molar-refractivity contribution is -0.124. The molecule has 5 heteroatoms. The molecule has 1 aliphatic rings. The summed E-state index contributed by atoms with van der Waals surface area (Å²) in [5, 5.41) is 0. The van der Waals surface area contributed by atoms with Gasteiger partial charge in [-0.2, -0.15) is 0 Å². The maximum absolute atomic E-state index is 11.3. The second kappa shape index (κ2) is 5.99. The van der Waals surface area contributed by atoms with Crippen molar-refractivity contribution in [2.24, 2.45) is 11.5 Å². The Kier molecular flexibility index (Phi) is 5.13. The van der Waals surface area contributed by atoms with Crippen molar-refractivity contribution in [3.05, 3.63) is 0 Å². The minimum absolute atomic E-state index is 0.226. The largest absolute Gasteiger partial charge is 0.376 e. The van der Waals surface area contributed by atoms with Crippen LogP contribution in [0.5, 0.6) is 0 Å². The number of rotatable bonds is 5. The van der Waals surface area contributed by atoms with Crippen LogP contribution in [-0.4, -0.2) is 47.7 Å². The summed E-state index contributed by atoms with van der Waals surface area (Å²) < 4.78 is 5.67. The molecule has 0 bridgehead atoms. The summed E-state index contributed by atoms with van der Waals surface area (Å²) in [6, 6.07) is 0.628. The van der Waals surface area contributed by atoms with E-state index in [1.54, 1.807) is 6.92 Å². The molecule has 4 N–H and O–H groups in total. The highest BCUT2D eigenvalue weighted by atomic mass is 16.5. The van der Waals surface area contributed by atoms with E-state index in [0.29, 0.717) is 12.5 Å². The number of amides is 1. The Hall–Kier alpha value is -0.650. The minimum atomic E-state index is -0.945. The molecule has 1 fully saturated rings. The van der Waals surface area contributed by atoms with Crippen molar-refractivity contribution in [1.29, 1.82) is 0 Å². The zero-order valence-corrected chi connectivity index (χ0v) is 12.0. The van der Waals surface area contributed by atoms with Gasteiger partial charge in [0.2, 0.25) is 5.91 Å². The Morgan fingerprint density at radius 3 is 2.72 bits per heavy atom. The third kappa shape index (κ3) is 3.67. The van der Waals surface area contributed by atoms with E-state index in [2.05, 4.69) is 25.7 Å². The van der Waals surface area contributed by atoms with Gasteiger partial charge in [-0.05, 0) is 33.6 Å². The SMILES string of the molecule is CCC1COC(C)CN1C(C)CC(C)(N)C(N)=O. The summed E-state index contributed by atoms with van der Waals surface area (Å²) in [7, 11) is 0. The average molecular weight is 257 g/mol. The van der Waals surface area contributed by atoms with E-state index in [9.17, 15) is 4.79 Å². The molecular weight excluding hydrogens is 230 g/mol. The van der Waals surface area contributed by atoms with Crippen LogP contribution in [0, 0.1) is 0 Å². The molecule has 1 rings (SSSR count). The summed E-state index contributed by atoms with van der Waals surface area (Å²) in [6.07, 6.45) is 1.84. The van der Waals surface area contributed by atoms with Gasteiger partial charge in [-0.25, -0.2) is 0 Å². The lowest BCUT2D eigenvalue weighted by Gasteiger charge is -2.43. The minimum Gasteiger partial charge on any atom is -0.376 e. The predicted molar refractivity (Wildman–Crippen MR) is 72.1 cm³/mol. The average Bonchev–Trinajstić information content (AvgIpc) is 2.28. The highest BCUT2D eigenvalue weighted by Gasteiger charge is 2.34. The monoisotopic (exact) mass is 257 g/mol. The Morgan fingerprint density at radius 2 is 2.22 bits per heavy atom. The van der Waals surface area contributed by atoms with Crippen molar-refractivity contribution in [1.82, 2.24) is 4.90 Å². The first-order valence-corrected chi connectivity index (χ1v) is 6.74. The van der Waals surface area contributed by atoms with Crippen molar-refractivity contribution >= 4 is 5.91 Å². The summed E-state index contributed by atoms with van der Waals surface area (Å²) in [5.74, 6) is -0.441. The Bertz CT molecular complexity index is 294. The van der Waals surface area contributed by atoms with E-state index in [-0.39, 0.29) is 12.1 Å². The fraction of sp³-hybridized carbons (Fsp3) is 0.923. The number of ether oxygens (including phenoxy) is 1. The molecule has 0 saturated carbocycles. The molecule has 4 atom stereocenters. The van der Waals surface area contributed by atoms with E-state index in [1.165, 1.54) is 0 Å². The van der Waals surface area contributed by atoms with Gasteiger partial charge in [0.1, 0.15) is 0 Å². The van der Waals surface area contributed by atoms with Crippen molar-refractivity contribution in [3.63, 3.8) is 0 Å². The van der Waals surface area contributed by atoms with Crippen LogP contribution >= 0.6 is 0 Å². The molecule has 1 saturated heterocycles. The van der Waals surface area contributed by atoms with Crippen LogP contribution < -0.4 is 11.5 Å². The highest BCUT2D eigenvalue weighted by Crippen LogP contribution is 2.22. The van der Waals surface area contributed by atoms with Crippen molar-refractivity contribution < 1.29 is 9.53 Å². The van der Waals surface area contributed by atoms with Gasteiger partial charge in [0.25, 0.3) is 0 Å². The van der Waals surface area contributed by atoms with Crippen molar-refractivity contribution in [3.8, 4) is 0 Å². The van der Waals surface area contributed by atoms with Crippen molar-refractivity contribution in [2.75, 3.05) is 13.2 Å². The first-order chi connectivity index (χ1) is 8.27. The van der Waals surface area contributed by atoms with E-state index in [0.717, 1.165) is 19.6 Å². The maximum atomic E-state index is 11.3. The van der Waals surface area contributed by atoms with E-state index >= 15 is 0 Å². The quantitative estimate of drug-likeness (QED) is 0.750. The topological polar surface area (TPSA) is 81.6 Å². The summed E-state index contributed by atoms with van der Waals surface area (Å²) in [5.41, 5.74) is 10.3. The fourth-order valence-electron chi connectivity index (χ4n) is 2.59.